The Morgan fingerprint density at radius 1 is 0.964 bits per heavy atom. The van der Waals surface area contributed by atoms with Gasteiger partial charge in [-0.05, 0) is 48.2 Å². The predicted octanol–water partition coefficient (Wildman–Crippen LogP) is 4.33. The summed E-state index contributed by atoms with van der Waals surface area (Å²) in [6, 6.07) is 14.4. The van der Waals surface area contributed by atoms with E-state index in [1.807, 2.05) is 27.7 Å². The van der Waals surface area contributed by atoms with Gasteiger partial charge in [-0.25, -0.2) is 8.42 Å². The van der Waals surface area contributed by atoms with Gasteiger partial charge in [-0.3, -0.25) is 9.10 Å². The molecular weight excluding hydrogens is 396 g/mol. The third-order valence-corrected chi connectivity index (χ3v) is 6.54. The molecule has 5 nitrogen and oxygen atoms in total. The molecule has 0 aliphatic heterocycles. The van der Waals surface area contributed by atoms with Crippen LogP contribution in [0.4, 0.5) is 5.69 Å². The van der Waals surface area contributed by atoms with E-state index < -0.39 is 10.0 Å². The number of halogens is 1. The maximum atomic E-state index is 13.2. The second-order valence-corrected chi connectivity index (χ2v) is 9.68. The summed E-state index contributed by atoms with van der Waals surface area (Å²) in [4.78, 5) is 12.9. The molecule has 1 N–H and O–H groups in total. The number of amides is 1. The molecule has 2 aromatic rings. The summed E-state index contributed by atoms with van der Waals surface area (Å²) in [7, 11) is -3.91. The number of sulfonamides is 1. The molecule has 0 aromatic heterocycles. The maximum Gasteiger partial charge on any atom is 0.264 e. The molecule has 0 saturated heterocycles. The second kappa shape index (κ2) is 9.43. The molecule has 0 saturated carbocycles. The fraction of sp³-hybridized carbons (Fsp3) is 0.381. The summed E-state index contributed by atoms with van der Waals surface area (Å²) in [5.41, 5.74) is 0.383. The van der Waals surface area contributed by atoms with Crippen molar-refractivity contribution in [3.05, 3.63) is 59.6 Å². The summed E-state index contributed by atoms with van der Waals surface area (Å²) < 4.78 is 27.6. The molecule has 0 radical (unpaired) electrons. The van der Waals surface area contributed by atoms with Crippen LogP contribution in [0.1, 0.15) is 27.7 Å². The van der Waals surface area contributed by atoms with Gasteiger partial charge in [-0.1, -0.05) is 57.5 Å². The number of nitrogens with zero attached hydrogens (tertiary/aromatic N) is 1. The van der Waals surface area contributed by atoms with Gasteiger partial charge in [-0.15, -0.1) is 0 Å². The van der Waals surface area contributed by atoms with Crippen molar-refractivity contribution in [3.8, 4) is 0 Å². The highest BCUT2D eigenvalue weighted by Gasteiger charge is 2.28. The molecule has 7 heteroatoms. The lowest BCUT2D eigenvalue weighted by atomic mass is 9.93. The summed E-state index contributed by atoms with van der Waals surface area (Å²) in [6.07, 6.45) is 0. The molecule has 0 spiro atoms. The van der Waals surface area contributed by atoms with E-state index in [0.29, 0.717) is 10.7 Å². The molecule has 0 heterocycles. The number of carbonyl (C=O) groups is 1. The van der Waals surface area contributed by atoms with E-state index in [-0.39, 0.29) is 35.2 Å². The lowest BCUT2D eigenvalue weighted by Gasteiger charge is -2.29. The summed E-state index contributed by atoms with van der Waals surface area (Å²) >= 11 is 5.94. The molecule has 28 heavy (non-hydrogen) atoms. The Hall–Kier alpha value is -2.05. The van der Waals surface area contributed by atoms with Crippen LogP contribution >= 0.6 is 11.6 Å². The minimum absolute atomic E-state index is 0.0426. The van der Waals surface area contributed by atoms with Gasteiger partial charge in [0, 0.05) is 11.1 Å². The van der Waals surface area contributed by atoms with Crippen LogP contribution in [0, 0.1) is 11.8 Å². The minimum atomic E-state index is -3.91. The Labute approximate surface area is 172 Å². The fourth-order valence-electron chi connectivity index (χ4n) is 3.11. The van der Waals surface area contributed by atoms with Crippen LogP contribution in [0.2, 0.25) is 5.02 Å². The average Bonchev–Trinajstić information content (AvgIpc) is 2.65. The zero-order valence-corrected chi connectivity index (χ0v) is 18.2. The standard InChI is InChI=1S/C21H27ClN2O3S/c1-15(2)21(16(3)4)23-20(25)14-24(18-12-10-17(22)11-13-18)28(26,27)19-8-6-5-7-9-19/h5-13,15-16,21H,14H2,1-4H3,(H,23,25). The SMILES string of the molecule is CC(C)C(NC(=O)CN(c1ccc(Cl)cc1)S(=O)(=O)c1ccccc1)C(C)C. The van der Waals surface area contributed by atoms with Crippen molar-refractivity contribution >= 4 is 33.2 Å². The highest BCUT2D eigenvalue weighted by molar-refractivity contribution is 7.92. The molecular formula is C21H27ClN2O3S. The first-order chi connectivity index (χ1) is 13.1. The topological polar surface area (TPSA) is 66.5 Å². The zero-order chi connectivity index (χ0) is 20.9. The van der Waals surface area contributed by atoms with Gasteiger partial charge >= 0.3 is 0 Å². The van der Waals surface area contributed by atoms with Gasteiger partial charge in [0.25, 0.3) is 10.0 Å². The van der Waals surface area contributed by atoms with E-state index in [9.17, 15) is 13.2 Å². The Morgan fingerprint density at radius 2 is 1.50 bits per heavy atom. The van der Waals surface area contributed by atoms with E-state index in [1.165, 1.54) is 12.1 Å². The summed E-state index contributed by atoms with van der Waals surface area (Å²) in [5.74, 6) is 0.124. The molecule has 0 bridgehead atoms. The number of benzene rings is 2. The molecule has 0 unspecified atom stereocenters. The smallest absolute Gasteiger partial charge is 0.264 e. The quantitative estimate of drug-likeness (QED) is 0.688. The van der Waals surface area contributed by atoms with Gasteiger partial charge in [0.05, 0.1) is 10.6 Å². The minimum Gasteiger partial charge on any atom is -0.351 e. The Morgan fingerprint density at radius 3 is 2.00 bits per heavy atom. The lowest BCUT2D eigenvalue weighted by molar-refractivity contribution is -0.121. The Bertz CT molecular complexity index is 874. The van der Waals surface area contributed by atoms with Crippen molar-refractivity contribution in [1.82, 2.24) is 5.32 Å². The van der Waals surface area contributed by atoms with E-state index >= 15 is 0 Å². The van der Waals surface area contributed by atoms with Crippen LogP contribution in [0.5, 0.6) is 0 Å². The van der Waals surface area contributed by atoms with Crippen LogP contribution in [-0.2, 0) is 14.8 Å². The van der Waals surface area contributed by atoms with Crippen molar-refractivity contribution in [2.75, 3.05) is 10.8 Å². The average molecular weight is 423 g/mol. The monoisotopic (exact) mass is 422 g/mol. The Balaban J connectivity index is 2.37. The normalized spacial score (nSPS) is 11.9. The number of hydrogen-bond acceptors (Lipinski definition) is 3. The highest BCUT2D eigenvalue weighted by atomic mass is 35.5. The maximum absolute atomic E-state index is 13.2. The highest BCUT2D eigenvalue weighted by Crippen LogP contribution is 2.25. The zero-order valence-electron chi connectivity index (χ0n) is 16.6. The fourth-order valence-corrected chi connectivity index (χ4v) is 4.68. The van der Waals surface area contributed by atoms with Crippen molar-refractivity contribution in [2.45, 2.75) is 38.6 Å². The summed E-state index contributed by atoms with van der Waals surface area (Å²) in [6.45, 7) is 7.81. The van der Waals surface area contributed by atoms with Crippen LogP contribution in [0.15, 0.2) is 59.5 Å². The second-order valence-electron chi connectivity index (χ2n) is 7.38. The molecule has 2 aromatic carbocycles. The molecule has 0 aliphatic carbocycles. The van der Waals surface area contributed by atoms with E-state index in [1.54, 1.807) is 42.5 Å². The van der Waals surface area contributed by atoms with Gasteiger partial charge < -0.3 is 5.32 Å². The molecule has 2 rings (SSSR count). The van der Waals surface area contributed by atoms with Crippen LogP contribution < -0.4 is 9.62 Å². The van der Waals surface area contributed by atoms with Gasteiger partial charge in [-0.2, -0.15) is 0 Å². The van der Waals surface area contributed by atoms with Gasteiger partial charge in [0.1, 0.15) is 6.54 Å². The largest absolute Gasteiger partial charge is 0.351 e. The Kier molecular flexibility index (Phi) is 7.49. The van der Waals surface area contributed by atoms with E-state index in [0.717, 1.165) is 4.31 Å². The molecule has 0 fully saturated rings. The van der Waals surface area contributed by atoms with Gasteiger partial charge in [0.15, 0.2) is 0 Å². The third-order valence-electron chi connectivity index (χ3n) is 4.50. The molecule has 0 atom stereocenters. The molecule has 0 aliphatic rings. The van der Waals surface area contributed by atoms with Crippen LogP contribution in [0.3, 0.4) is 0 Å². The number of hydrogen-bond donors (Lipinski definition) is 1. The van der Waals surface area contributed by atoms with Crippen LogP contribution in [-0.4, -0.2) is 26.9 Å². The molecule has 152 valence electrons. The van der Waals surface area contributed by atoms with Gasteiger partial charge in [0.2, 0.25) is 5.91 Å². The number of nitrogens with one attached hydrogen (secondary N) is 1. The van der Waals surface area contributed by atoms with Crippen molar-refractivity contribution in [1.29, 1.82) is 0 Å². The first kappa shape index (κ1) is 22.2. The first-order valence-corrected chi connectivity index (χ1v) is 11.1. The van der Waals surface area contributed by atoms with Crippen molar-refractivity contribution < 1.29 is 13.2 Å². The number of anilines is 1. The first-order valence-electron chi connectivity index (χ1n) is 9.25. The van der Waals surface area contributed by atoms with Crippen molar-refractivity contribution in [2.24, 2.45) is 11.8 Å². The lowest BCUT2D eigenvalue weighted by Crippen LogP contribution is -2.47. The van der Waals surface area contributed by atoms with Crippen LogP contribution in [0.25, 0.3) is 0 Å². The third kappa shape index (κ3) is 5.49. The predicted molar refractivity (Wildman–Crippen MR) is 114 cm³/mol. The summed E-state index contributed by atoms with van der Waals surface area (Å²) in [5, 5.41) is 3.47. The molecule has 1 amide bonds. The van der Waals surface area contributed by atoms with E-state index in [4.69, 9.17) is 11.6 Å². The number of rotatable bonds is 8. The van der Waals surface area contributed by atoms with Crippen molar-refractivity contribution in [3.63, 3.8) is 0 Å². The number of carbonyl (C=O) groups excluding carboxylic acids is 1. The van der Waals surface area contributed by atoms with E-state index in [2.05, 4.69) is 5.32 Å².